The van der Waals surface area contributed by atoms with Gasteiger partial charge in [0.25, 0.3) is 0 Å². The molecule has 0 fully saturated rings. The van der Waals surface area contributed by atoms with Crippen LogP contribution in [-0.4, -0.2) is 15.2 Å². The maximum absolute atomic E-state index is 5.17. The topological polar surface area (TPSA) is 66.7 Å². The summed E-state index contributed by atoms with van der Waals surface area (Å²) in [7, 11) is 0. The van der Waals surface area contributed by atoms with E-state index in [2.05, 4.69) is 26.6 Å². The zero-order valence-electron chi connectivity index (χ0n) is 9.63. The van der Waals surface area contributed by atoms with Gasteiger partial charge >= 0.3 is 0 Å². The standard InChI is InChI=1S/C13H12N4O/c1-2-10(13-4-5-16-17-13)6-11(3-1)15-8-12-7-14-9-18-12/h1-7,9,15H,8H2,(H,16,17). The highest BCUT2D eigenvalue weighted by Gasteiger charge is 2.01. The van der Waals surface area contributed by atoms with Gasteiger partial charge in [-0.3, -0.25) is 5.10 Å². The van der Waals surface area contributed by atoms with Crippen molar-refractivity contribution in [2.75, 3.05) is 5.32 Å². The largest absolute Gasteiger partial charge is 0.447 e. The molecule has 2 aromatic heterocycles. The van der Waals surface area contributed by atoms with Gasteiger partial charge in [0.05, 0.1) is 18.4 Å². The molecule has 0 atom stereocenters. The van der Waals surface area contributed by atoms with Crippen molar-refractivity contribution < 1.29 is 4.42 Å². The minimum atomic E-state index is 0.617. The van der Waals surface area contributed by atoms with Crippen molar-refractivity contribution in [3.05, 3.63) is 54.9 Å². The Bertz CT molecular complexity index is 602. The molecule has 90 valence electrons. The third-order valence-electron chi connectivity index (χ3n) is 2.62. The van der Waals surface area contributed by atoms with E-state index < -0.39 is 0 Å². The molecule has 3 aromatic rings. The van der Waals surface area contributed by atoms with Gasteiger partial charge < -0.3 is 9.73 Å². The van der Waals surface area contributed by atoms with Crippen LogP contribution < -0.4 is 5.32 Å². The van der Waals surface area contributed by atoms with Crippen LogP contribution in [0.1, 0.15) is 5.76 Å². The van der Waals surface area contributed by atoms with Gasteiger partial charge in [-0.05, 0) is 18.2 Å². The van der Waals surface area contributed by atoms with Gasteiger partial charge in [-0.15, -0.1) is 0 Å². The molecule has 0 aliphatic heterocycles. The average molecular weight is 240 g/mol. The lowest BCUT2D eigenvalue weighted by Gasteiger charge is -2.05. The average Bonchev–Trinajstić information content (AvgIpc) is 3.10. The Morgan fingerprint density at radius 2 is 2.28 bits per heavy atom. The molecule has 0 bridgehead atoms. The number of H-pyrrole nitrogens is 1. The van der Waals surface area contributed by atoms with Crippen LogP contribution in [0.15, 0.2) is 53.5 Å². The van der Waals surface area contributed by atoms with Gasteiger partial charge in [0.15, 0.2) is 6.39 Å². The first-order valence-electron chi connectivity index (χ1n) is 5.63. The Hall–Kier alpha value is -2.56. The second kappa shape index (κ2) is 4.75. The summed E-state index contributed by atoms with van der Waals surface area (Å²) >= 11 is 0. The van der Waals surface area contributed by atoms with Crippen molar-refractivity contribution in [3.8, 4) is 11.3 Å². The summed E-state index contributed by atoms with van der Waals surface area (Å²) in [4.78, 5) is 3.87. The number of benzene rings is 1. The maximum Gasteiger partial charge on any atom is 0.180 e. The predicted molar refractivity (Wildman–Crippen MR) is 67.9 cm³/mol. The molecule has 2 N–H and O–H groups in total. The minimum Gasteiger partial charge on any atom is -0.447 e. The molecule has 2 heterocycles. The SMILES string of the molecule is c1cc(NCc2cnco2)cc(-c2ccn[nH]2)c1. The number of hydrogen-bond acceptors (Lipinski definition) is 4. The van der Waals surface area contributed by atoms with E-state index in [1.165, 1.54) is 6.39 Å². The summed E-state index contributed by atoms with van der Waals surface area (Å²) in [6.07, 6.45) is 4.87. The summed E-state index contributed by atoms with van der Waals surface area (Å²) in [5.74, 6) is 0.807. The second-order valence-corrected chi connectivity index (χ2v) is 3.87. The molecule has 0 spiro atoms. The van der Waals surface area contributed by atoms with Crippen molar-refractivity contribution in [2.24, 2.45) is 0 Å². The van der Waals surface area contributed by atoms with Gasteiger partial charge in [-0.1, -0.05) is 12.1 Å². The van der Waals surface area contributed by atoms with Crippen LogP contribution in [0.2, 0.25) is 0 Å². The quantitative estimate of drug-likeness (QED) is 0.735. The highest BCUT2D eigenvalue weighted by atomic mass is 16.3. The Labute approximate surface area is 104 Å². The summed E-state index contributed by atoms with van der Waals surface area (Å²) in [5, 5.41) is 10.2. The molecule has 0 aliphatic rings. The molecular weight excluding hydrogens is 228 g/mol. The Kier molecular flexibility index (Phi) is 2.79. The van der Waals surface area contributed by atoms with Crippen molar-refractivity contribution in [2.45, 2.75) is 6.54 Å². The molecule has 5 nitrogen and oxygen atoms in total. The first-order valence-corrected chi connectivity index (χ1v) is 5.63. The second-order valence-electron chi connectivity index (χ2n) is 3.87. The van der Waals surface area contributed by atoms with Crippen LogP contribution in [0.25, 0.3) is 11.3 Å². The fraction of sp³-hybridized carbons (Fsp3) is 0.0769. The molecule has 0 saturated carbocycles. The zero-order chi connectivity index (χ0) is 12.2. The van der Waals surface area contributed by atoms with Gasteiger partial charge in [0.2, 0.25) is 0 Å². The molecular formula is C13H12N4O. The fourth-order valence-electron chi connectivity index (χ4n) is 1.73. The van der Waals surface area contributed by atoms with Crippen LogP contribution in [0.3, 0.4) is 0 Å². The maximum atomic E-state index is 5.17. The molecule has 0 amide bonds. The normalized spacial score (nSPS) is 10.4. The van der Waals surface area contributed by atoms with Crippen molar-refractivity contribution in [1.29, 1.82) is 0 Å². The highest BCUT2D eigenvalue weighted by Crippen LogP contribution is 2.20. The van der Waals surface area contributed by atoms with E-state index in [0.29, 0.717) is 6.54 Å². The number of rotatable bonds is 4. The van der Waals surface area contributed by atoms with Crippen LogP contribution in [-0.2, 0) is 6.54 Å². The summed E-state index contributed by atoms with van der Waals surface area (Å²) in [6, 6.07) is 10.0. The fourth-order valence-corrected chi connectivity index (χ4v) is 1.73. The van der Waals surface area contributed by atoms with E-state index in [1.807, 2.05) is 24.3 Å². The molecule has 0 saturated heterocycles. The predicted octanol–water partition coefficient (Wildman–Crippen LogP) is 2.68. The van der Waals surface area contributed by atoms with Crippen LogP contribution >= 0.6 is 0 Å². The highest BCUT2D eigenvalue weighted by molar-refractivity contribution is 5.64. The number of hydrogen-bond donors (Lipinski definition) is 2. The van der Waals surface area contributed by atoms with Gasteiger partial charge in [-0.25, -0.2) is 4.98 Å². The number of aromatic nitrogens is 3. The Morgan fingerprint density at radius 1 is 1.28 bits per heavy atom. The summed E-state index contributed by atoms with van der Waals surface area (Å²) in [5.41, 5.74) is 3.12. The smallest absolute Gasteiger partial charge is 0.180 e. The lowest BCUT2D eigenvalue weighted by molar-refractivity contribution is 0.512. The van der Waals surface area contributed by atoms with Crippen molar-refractivity contribution in [3.63, 3.8) is 0 Å². The van der Waals surface area contributed by atoms with E-state index in [0.717, 1.165) is 22.7 Å². The molecule has 5 heteroatoms. The third-order valence-corrected chi connectivity index (χ3v) is 2.62. The van der Waals surface area contributed by atoms with Crippen LogP contribution in [0.5, 0.6) is 0 Å². The van der Waals surface area contributed by atoms with E-state index in [1.54, 1.807) is 12.4 Å². The van der Waals surface area contributed by atoms with Gasteiger partial charge in [-0.2, -0.15) is 5.10 Å². The molecule has 0 unspecified atom stereocenters. The number of nitrogens with zero attached hydrogens (tertiary/aromatic N) is 2. The number of nitrogens with one attached hydrogen (secondary N) is 2. The van der Waals surface area contributed by atoms with E-state index in [4.69, 9.17) is 4.42 Å². The van der Waals surface area contributed by atoms with Crippen LogP contribution in [0.4, 0.5) is 5.69 Å². The number of aromatic amines is 1. The van der Waals surface area contributed by atoms with Gasteiger partial charge in [0.1, 0.15) is 5.76 Å². The molecule has 1 aromatic carbocycles. The molecule has 3 rings (SSSR count). The minimum absolute atomic E-state index is 0.617. The first-order chi connectivity index (χ1) is 8.92. The number of anilines is 1. The van der Waals surface area contributed by atoms with E-state index >= 15 is 0 Å². The van der Waals surface area contributed by atoms with Crippen molar-refractivity contribution >= 4 is 5.69 Å². The summed E-state index contributed by atoms with van der Waals surface area (Å²) < 4.78 is 5.17. The number of oxazole rings is 1. The lowest BCUT2D eigenvalue weighted by atomic mass is 10.1. The van der Waals surface area contributed by atoms with E-state index in [-0.39, 0.29) is 0 Å². The zero-order valence-corrected chi connectivity index (χ0v) is 9.63. The first kappa shape index (κ1) is 10.6. The molecule has 0 aliphatic carbocycles. The summed E-state index contributed by atoms with van der Waals surface area (Å²) in [6.45, 7) is 0.617. The van der Waals surface area contributed by atoms with Crippen molar-refractivity contribution in [1.82, 2.24) is 15.2 Å². The molecule has 0 radical (unpaired) electrons. The monoisotopic (exact) mass is 240 g/mol. The lowest BCUT2D eigenvalue weighted by Crippen LogP contribution is -1.98. The van der Waals surface area contributed by atoms with E-state index in [9.17, 15) is 0 Å². The van der Waals surface area contributed by atoms with Gasteiger partial charge in [0, 0.05) is 17.4 Å². The Morgan fingerprint density at radius 3 is 3.06 bits per heavy atom. The third kappa shape index (κ3) is 2.24. The Balaban J connectivity index is 1.75. The molecule has 18 heavy (non-hydrogen) atoms. The van der Waals surface area contributed by atoms with Crippen LogP contribution in [0, 0.1) is 0 Å².